The quantitative estimate of drug-likeness (QED) is 0.783. The fourth-order valence-electron chi connectivity index (χ4n) is 2.06. The molecule has 102 valence electrons. The minimum absolute atomic E-state index is 0.518. The lowest BCUT2D eigenvalue weighted by Crippen LogP contribution is -2.04. The van der Waals surface area contributed by atoms with Gasteiger partial charge in [0.25, 0.3) is 0 Å². The molecule has 0 aliphatic heterocycles. The van der Waals surface area contributed by atoms with E-state index in [1.807, 2.05) is 38.4 Å². The Hall–Kier alpha value is -2.47. The van der Waals surface area contributed by atoms with Crippen molar-refractivity contribution in [2.75, 3.05) is 7.05 Å². The number of hydrogen-bond acceptors (Lipinski definition) is 5. The van der Waals surface area contributed by atoms with Gasteiger partial charge >= 0.3 is 0 Å². The summed E-state index contributed by atoms with van der Waals surface area (Å²) in [5.74, 6) is 1.27. The number of aromatic nitrogens is 4. The SMILES string of the molecule is CNCc1cccc(Oc2ncnc3c2cnn3C)c1. The van der Waals surface area contributed by atoms with Crippen LogP contribution >= 0.6 is 0 Å². The molecule has 6 heteroatoms. The first kappa shape index (κ1) is 12.6. The summed E-state index contributed by atoms with van der Waals surface area (Å²) in [6, 6.07) is 7.90. The van der Waals surface area contributed by atoms with E-state index in [9.17, 15) is 0 Å². The van der Waals surface area contributed by atoms with E-state index in [0.717, 1.165) is 28.9 Å². The zero-order valence-electron chi connectivity index (χ0n) is 11.4. The molecule has 0 atom stereocenters. The van der Waals surface area contributed by atoms with Crippen LogP contribution in [-0.4, -0.2) is 26.8 Å². The molecule has 1 N–H and O–H groups in total. The number of rotatable bonds is 4. The number of hydrogen-bond donors (Lipinski definition) is 1. The van der Waals surface area contributed by atoms with E-state index in [1.165, 1.54) is 6.33 Å². The Kier molecular flexibility index (Phi) is 3.30. The third kappa shape index (κ3) is 2.33. The van der Waals surface area contributed by atoms with Gasteiger partial charge in [-0.15, -0.1) is 0 Å². The minimum Gasteiger partial charge on any atom is -0.438 e. The fourth-order valence-corrected chi connectivity index (χ4v) is 2.06. The van der Waals surface area contributed by atoms with Gasteiger partial charge in [-0.2, -0.15) is 5.10 Å². The van der Waals surface area contributed by atoms with Gasteiger partial charge in [0.15, 0.2) is 5.65 Å². The summed E-state index contributed by atoms with van der Waals surface area (Å²) >= 11 is 0. The normalized spacial score (nSPS) is 10.9. The largest absolute Gasteiger partial charge is 0.438 e. The molecule has 20 heavy (non-hydrogen) atoms. The molecule has 0 aliphatic rings. The summed E-state index contributed by atoms with van der Waals surface area (Å²) < 4.78 is 7.56. The van der Waals surface area contributed by atoms with Crippen LogP contribution in [0.2, 0.25) is 0 Å². The topological polar surface area (TPSA) is 64.9 Å². The molecule has 0 unspecified atom stereocenters. The smallest absolute Gasteiger partial charge is 0.233 e. The molecule has 1 aromatic carbocycles. The maximum atomic E-state index is 5.86. The van der Waals surface area contributed by atoms with Crippen molar-refractivity contribution in [2.45, 2.75) is 6.54 Å². The number of fused-ring (bicyclic) bond motifs is 1. The molecule has 0 radical (unpaired) electrons. The van der Waals surface area contributed by atoms with E-state index in [0.29, 0.717) is 5.88 Å². The van der Waals surface area contributed by atoms with Gasteiger partial charge in [-0.25, -0.2) is 9.97 Å². The summed E-state index contributed by atoms with van der Waals surface area (Å²) in [6.45, 7) is 0.795. The molecule has 0 aliphatic carbocycles. The summed E-state index contributed by atoms with van der Waals surface area (Å²) in [5, 5.41) is 8.08. The van der Waals surface area contributed by atoms with Crippen molar-refractivity contribution >= 4 is 11.0 Å². The maximum absolute atomic E-state index is 5.86. The Labute approximate surface area is 116 Å². The lowest BCUT2D eigenvalue weighted by Gasteiger charge is -2.07. The van der Waals surface area contributed by atoms with Gasteiger partial charge in [0, 0.05) is 13.6 Å². The zero-order chi connectivity index (χ0) is 13.9. The van der Waals surface area contributed by atoms with Crippen LogP contribution in [0.4, 0.5) is 0 Å². The molecule has 3 aromatic rings. The number of nitrogens with one attached hydrogen (secondary N) is 1. The summed E-state index contributed by atoms with van der Waals surface area (Å²) in [7, 11) is 3.75. The third-order valence-electron chi connectivity index (χ3n) is 2.99. The molecular weight excluding hydrogens is 254 g/mol. The monoisotopic (exact) mass is 269 g/mol. The van der Waals surface area contributed by atoms with Crippen LogP contribution in [-0.2, 0) is 13.6 Å². The predicted octanol–water partition coefficient (Wildman–Crippen LogP) is 1.87. The molecule has 0 spiro atoms. The van der Waals surface area contributed by atoms with Crippen LogP contribution in [0.25, 0.3) is 11.0 Å². The number of ether oxygens (including phenoxy) is 1. The van der Waals surface area contributed by atoms with Crippen molar-refractivity contribution in [1.82, 2.24) is 25.1 Å². The van der Waals surface area contributed by atoms with Gasteiger partial charge < -0.3 is 10.1 Å². The Morgan fingerprint density at radius 3 is 3.05 bits per heavy atom. The lowest BCUT2D eigenvalue weighted by atomic mass is 10.2. The summed E-state index contributed by atoms with van der Waals surface area (Å²) in [6.07, 6.45) is 3.19. The molecule has 3 rings (SSSR count). The minimum atomic E-state index is 0.518. The van der Waals surface area contributed by atoms with E-state index in [-0.39, 0.29) is 0 Å². The standard InChI is InChI=1S/C14H15N5O/c1-15-7-10-4-3-5-11(6-10)20-14-12-8-18-19(2)13(12)16-9-17-14/h3-6,8-9,15H,7H2,1-2H3. The van der Waals surface area contributed by atoms with Gasteiger partial charge in [0.05, 0.1) is 6.20 Å². The molecule has 0 amide bonds. The number of aryl methyl sites for hydroxylation is 1. The average Bonchev–Trinajstić information content (AvgIpc) is 2.83. The van der Waals surface area contributed by atoms with Crippen LogP contribution < -0.4 is 10.1 Å². The van der Waals surface area contributed by atoms with Crippen molar-refractivity contribution < 1.29 is 4.74 Å². The highest BCUT2D eigenvalue weighted by Gasteiger charge is 2.09. The highest BCUT2D eigenvalue weighted by atomic mass is 16.5. The van der Waals surface area contributed by atoms with Crippen molar-refractivity contribution in [3.8, 4) is 11.6 Å². The van der Waals surface area contributed by atoms with E-state index in [4.69, 9.17) is 4.74 Å². The van der Waals surface area contributed by atoms with Gasteiger partial charge in [-0.1, -0.05) is 12.1 Å². The molecule has 0 bridgehead atoms. The van der Waals surface area contributed by atoms with Crippen molar-refractivity contribution in [2.24, 2.45) is 7.05 Å². The zero-order valence-corrected chi connectivity index (χ0v) is 11.4. The Morgan fingerprint density at radius 1 is 1.30 bits per heavy atom. The molecule has 2 heterocycles. The second-order valence-corrected chi connectivity index (χ2v) is 4.46. The Bertz CT molecular complexity index is 737. The first-order valence-electron chi connectivity index (χ1n) is 6.32. The predicted molar refractivity (Wildman–Crippen MR) is 75.6 cm³/mol. The Morgan fingerprint density at radius 2 is 2.20 bits per heavy atom. The fraction of sp³-hybridized carbons (Fsp3) is 0.214. The third-order valence-corrected chi connectivity index (χ3v) is 2.99. The lowest BCUT2D eigenvalue weighted by molar-refractivity contribution is 0.467. The van der Waals surface area contributed by atoms with E-state index in [1.54, 1.807) is 10.9 Å². The van der Waals surface area contributed by atoms with Crippen molar-refractivity contribution in [1.29, 1.82) is 0 Å². The second kappa shape index (κ2) is 5.26. The van der Waals surface area contributed by atoms with Gasteiger partial charge in [-0.3, -0.25) is 4.68 Å². The van der Waals surface area contributed by atoms with E-state index >= 15 is 0 Å². The van der Waals surface area contributed by atoms with Gasteiger partial charge in [0.2, 0.25) is 5.88 Å². The van der Waals surface area contributed by atoms with E-state index in [2.05, 4.69) is 20.4 Å². The maximum Gasteiger partial charge on any atom is 0.233 e. The summed E-state index contributed by atoms with van der Waals surface area (Å²) in [4.78, 5) is 8.38. The first-order valence-corrected chi connectivity index (χ1v) is 6.32. The molecule has 6 nitrogen and oxygen atoms in total. The van der Waals surface area contributed by atoms with Crippen molar-refractivity contribution in [3.05, 3.63) is 42.4 Å². The second-order valence-electron chi connectivity index (χ2n) is 4.46. The van der Waals surface area contributed by atoms with Crippen LogP contribution in [0, 0.1) is 0 Å². The molecular formula is C14H15N5O. The molecule has 2 aromatic heterocycles. The van der Waals surface area contributed by atoms with Gasteiger partial charge in [0.1, 0.15) is 17.5 Å². The Balaban J connectivity index is 1.95. The van der Waals surface area contributed by atoms with Crippen LogP contribution in [0.15, 0.2) is 36.8 Å². The van der Waals surface area contributed by atoms with Gasteiger partial charge in [-0.05, 0) is 24.7 Å². The highest BCUT2D eigenvalue weighted by molar-refractivity contribution is 5.79. The molecule has 0 saturated carbocycles. The number of nitrogens with zero attached hydrogens (tertiary/aromatic N) is 4. The van der Waals surface area contributed by atoms with E-state index < -0.39 is 0 Å². The first-order chi connectivity index (χ1) is 9.78. The average molecular weight is 269 g/mol. The molecule has 0 saturated heterocycles. The molecule has 0 fully saturated rings. The van der Waals surface area contributed by atoms with Crippen LogP contribution in [0.1, 0.15) is 5.56 Å². The number of benzene rings is 1. The summed E-state index contributed by atoms with van der Waals surface area (Å²) in [5.41, 5.74) is 1.91. The van der Waals surface area contributed by atoms with Crippen LogP contribution in [0.5, 0.6) is 11.6 Å². The van der Waals surface area contributed by atoms with Crippen molar-refractivity contribution in [3.63, 3.8) is 0 Å². The van der Waals surface area contributed by atoms with Crippen LogP contribution in [0.3, 0.4) is 0 Å². The highest BCUT2D eigenvalue weighted by Crippen LogP contribution is 2.26.